The zero-order valence-corrected chi connectivity index (χ0v) is 17.5. The first-order valence-corrected chi connectivity index (χ1v) is 9.92. The van der Waals surface area contributed by atoms with E-state index in [4.69, 9.17) is 0 Å². The van der Waals surface area contributed by atoms with Gasteiger partial charge in [0.25, 0.3) is 5.56 Å². The van der Waals surface area contributed by atoms with Gasteiger partial charge in [0, 0.05) is 17.6 Å². The van der Waals surface area contributed by atoms with E-state index >= 15 is 0 Å². The molecule has 3 N–H and O–H groups in total. The average Bonchev–Trinajstić information content (AvgIpc) is 2.75. The summed E-state index contributed by atoms with van der Waals surface area (Å²) in [4.78, 5) is 36.3. The maximum atomic E-state index is 12.9. The number of hydrogen-bond acceptors (Lipinski definition) is 3. The van der Waals surface area contributed by atoms with Crippen LogP contribution >= 0.6 is 0 Å². The molecule has 172 valence electrons. The third-order valence-corrected chi connectivity index (χ3v) is 4.72. The Hall–Kier alpha value is -4.08. The number of urea groups is 1. The van der Waals surface area contributed by atoms with Gasteiger partial charge >= 0.3 is 12.2 Å². The number of carbonyl (C=O) groups excluding carboxylic acids is 2. The topological polar surface area (TPSA) is 92.2 Å². The highest BCUT2D eigenvalue weighted by Gasteiger charge is 2.34. The number of benzene rings is 2. The molecule has 0 aliphatic rings. The quantitative estimate of drug-likeness (QED) is 0.512. The zero-order valence-electron chi connectivity index (χ0n) is 17.5. The molecule has 3 rings (SSSR count). The van der Waals surface area contributed by atoms with Gasteiger partial charge in [-0.3, -0.25) is 9.59 Å². The van der Waals surface area contributed by atoms with Crippen molar-refractivity contribution in [2.75, 3.05) is 10.6 Å². The van der Waals surface area contributed by atoms with Gasteiger partial charge < -0.3 is 20.5 Å². The fourth-order valence-electron chi connectivity index (χ4n) is 3.07. The molecule has 0 aliphatic heterocycles. The smallest absolute Gasteiger partial charge is 0.348 e. The van der Waals surface area contributed by atoms with E-state index in [1.165, 1.54) is 0 Å². The van der Waals surface area contributed by atoms with Crippen LogP contribution in [0.4, 0.5) is 29.3 Å². The van der Waals surface area contributed by atoms with Crippen LogP contribution in [-0.4, -0.2) is 16.5 Å². The van der Waals surface area contributed by atoms with E-state index in [-0.39, 0.29) is 0 Å². The van der Waals surface area contributed by atoms with Crippen LogP contribution in [0.2, 0.25) is 0 Å². The number of carbonyl (C=O) groups is 2. The third-order valence-electron chi connectivity index (χ3n) is 4.72. The number of halogens is 3. The number of anilines is 2. The van der Waals surface area contributed by atoms with E-state index in [2.05, 4.69) is 16.0 Å². The number of hydrogen-bond donors (Lipinski definition) is 3. The molecular formula is C23H21F3N4O3. The predicted molar refractivity (Wildman–Crippen MR) is 118 cm³/mol. The molecule has 0 fully saturated rings. The number of rotatable bonds is 6. The van der Waals surface area contributed by atoms with Crippen LogP contribution in [0.15, 0.2) is 77.7 Å². The Balaban J connectivity index is 1.57. The summed E-state index contributed by atoms with van der Waals surface area (Å²) in [7, 11) is 0. The first kappa shape index (κ1) is 23.6. The molecule has 7 nitrogen and oxygen atoms in total. The first-order valence-electron chi connectivity index (χ1n) is 9.92. The molecule has 0 bridgehead atoms. The van der Waals surface area contributed by atoms with Crippen molar-refractivity contribution in [3.8, 4) is 0 Å². The van der Waals surface area contributed by atoms with E-state index in [9.17, 15) is 27.6 Å². The highest BCUT2D eigenvalue weighted by atomic mass is 19.4. The van der Waals surface area contributed by atoms with Gasteiger partial charge in [0.05, 0.1) is 6.04 Å². The van der Waals surface area contributed by atoms with Crippen LogP contribution in [0.5, 0.6) is 0 Å². The predicted octanol–water partition coefficient (Wildman–Crippen LogP) is 4.39. The number of nitrogens with zero attached hydrogens (tertiary/aromatic N) is 1. The summed E-state index contributed by atoms with van der Waals surface area (Å²) in [5, 5.41) is 8.02. The van der Waals surface area contributed by atoms with Gasteiger partial charge in [-0.2, -0.15) is 13.2 Å². The molecule has 3 aromatic rings. The fourth-order valence-corrected chi connectivity index (χ4v) is 3.07. The maximum Gasteiger partial charge on any atom is 0.421 e. The Labute approximate surface area is 187 Å². The largest absolute Gasteiger partial charge is 0.421 e. The summed E-state index contributed by atoms with van der Waals surface area (Å²) in [5.74, 6) is -0.617. The van der Waals surface area contributed by atoms with Crippen LogP contribution in [0.1, 0.15) is 24.1 Å². The van der Waals surface area contributed by atoms with Gasteiger partial charge in [0.15, 0.2) is 0 Å². The second-order valence-electron chi connectivity index (χ2n) is 7.21. The molecule has 2 aromatic carbocycles. The third kappa shape index (κ3) is 6.45. The average molecular weight is 458 g/mol. The molecule has 0 aliphatic carbocycles. The minimum atomic E-state index is -4.79. The molecule has 1 atom stereocenters. The fraction of sp³-hybridized carbons (Fsp3) is 0.174. The second kappa shape index (κ2) is 10.0. The molecule has 3 amide bonds. The number of amides is 3. The summed E-state index contributed by atoms with van der Waals surface area (Å²) in [6.07, 6.45) is -3.67. The van der Waals surface area contributed by atoms with Crippen molar-refractivity contribution in [3.05, 3.63) is 94.4 Å². The SMILES string of the molecule is CC(NC(=O)Cn1cccc(C(F)(F)F)c1=O)c1ccc(NC(=O)Nc2ccccc2)cc1. The van der Waals surface area contributed by atoms with Crippen molar-refractivity contribution < 1.29 is 22.8 Å². The van der Waals surface area contributed by atoms with Crippen LogP contribution < -0.4 is 21.5 Å². The first-order chi connectivity index (χ1) is 15.6. The van der Waals surface area contributed by atoms with Gasteiger partial charge in [-0.15, -0.1) is 0 Å². The van der Waals surface area contributed by atoms with Crippen molar-refractivity contribution in [3.63, 3.8) is 0 Å². The van der Waals surface area contributed by atoms with E-state index in [1.54, 1.807) is 55.5 Å². The minimum absolute atomic E-state index is 0.415. The molecule has 0 saturated carbocycles. The van der Waals surface area contributed by atoms with Crippen LogP contribution in [0.3, 0.4) is 0 Å². The van der Waals surface area contributed by atoms with Gasteiger partial charge in [-0.1, -0.05) is 30.3 Å². The molecule has 0 radical (unpaired) electrons. The number of alkyl halides is 3. The van der Waals surface area contributed by atoms with Crippen LogP contribution in [-0.2, 0) is 17.5 Å². The Morgan fingerprint density at radius 1 is 0.909 bits per heavy atom. The zero-order chi connectivity index (χ0) is 24.0. The molecule has 1 aromatic heterocycles. The monoisotopic (exact) mass is 458 g/mol. The van der Waals surface area contributed by atoms with E-state index in [0.717, 1.165) is 12.3 Å². The lowest BCUT2D eigenvalue weighted by Crippen LogP contribution is -2.35. The number of para-hydroxylation sites is 1. The van der Waals surface area contributed by atoms with Gasteiger partial charge in [-0.05, 0) is 48.9 Å². The molecular weight excluding hydrogens is 437 g/mol. The van der Waals surface area contributed by atoms with Crippen molar-refractivity contribution in [2.45, 2.75) is 25.7 Å². The van der Waals surface area contributed by atoms with E-state index < -0.39 is 41.8 Å². The maximum absolute atomic E-state index is 12.9. The van der Waals surface area contributed by atoms with Crippen molar-refractivity contribution in [2.24, 2.45) is 0 Å². The number of nitrogens with one attached hydrogen (secondary N) is 3. The minimum Gasteiger partial charge on any atom is -0.348 e. The molecule has 33 heavy (non-hydrogen) atoms. The summed E-state index contributed by atoms with van der Waals surface area (Å²) in [5.41, 5.74) is -0.736. The lowest BCUT2D eigenvalue weighted by atomic mass is 10.1. The molecule has 1 unspecified atom stereocenters. The molecule has 10 heteroatoms. The summed E-state index contributed by atoms with van der Waals surface area (Å²) < 4.78 is 39.3. The summed E-state index contributed by atoms with van der Waals surface area (Å²) in [6, 6.07) is 16.5. The standard InChI is InChI=1S/C23H21F3N4O3/c1-15(27-20(31)14-30-13-5-8-19(21(30)32)23(24,25)26)16-9-11-18(12-10-16)29-22(33)28-17-6-3-2-4-7-17/h2-13,15H,14H2,1H3,(H,27,31)(H2,28,29,33). The highest BCUT2D eigenvalue weighted by molar-refractivity contribution is 5.99. The molecule has 0 spiro atoms. The van der Waals surface area contributed by atoms with E-state index in [0.29, 0.717) is 27.6 Å². The lowest BCUT2D eigenvalue weighted by molar-refractivity contribution is -0.139. The molecule has 0 saturated heterocycles. The summed E-state index contributed by atoms with van der Waals surface area (Å²) in [6.45, 7) is 1.14. The molecule has 1 heterocycles. The van der Waals surface area contributed by atoms with Gasteiger partial charge in [0.1, 0.15) is 12.1 Å². The Kier molecular flexibility index (Phi) is 7.17. The Morgan fingerprint density at radius 3 is 2.12 bits per heavy atom. The van der Waals surface area contributed by atoms with Crippen molar-refractivity contribution in [1.29, 1.82) is 0 Å². The van der Waals surface area contributed by atoms with Gasteiger partial charge in [0.2, 0.25) is 5.91 Å². The van der Waals surface area contributed by atoms with Crippen molar-refractivity contribution >= 4 is 23.3 Å². The van der Waals surface area contributed by atoms with Crippen molar-refractivity contribution in [1.82, 2.24) is 9.88 Å². The number of aromatic nitrogens is 1. The Morgan fingerprint density at radius 2 is 1.52 bits per heavy atom. The lowest BCUT2D eigenvalue weighted by Gasteiger charge is -2.16. The highest BCUT2D eigenvalue weighted by Crippen LogP contribution is 2.26. The van der Waals surface area contributed by atoms with E-state index in [1.807, 2.05) is 6.07 Å². The van der Waals surface area contributed by atoms with Gasteiger partial charge in [-0.25, -0.2) is 4.79 Å². The Bertz CT molecular complexity index is 1180. The summed E-state index contributed by atoms with van der Waals surface area (Å²) >= 11 is 0. The van der Waals surface area contributed by atoms with Crippen LogP contribution in [0.25, 0.3) is 0 Å². The normalized spacial score (nSPS) is 12.0. The number of pyridine rings is 1. The van der Waals surface area contributed by atoms with Crippen LogP contribution in [0, 0.1) is 0 Å². The second-order valence-corrected chi connectivity index (χ2v) is 7.21.